The summed E-state index contributed by atoms with van der Waals surface area (Å²) in [5.74, 6) is -1.47. The quantitative estimate of drug-likeness (QED) is 0.493. The third kappa shape index (κ3) is 2.23. The van der Waals surface area contributed by atoms with Crippen LogP contribution in [-0.4, -0.2) is 41.3 Å². The van der Waals surface area contributed by atoms with Crippen LogP contribution in [0.4, 0.5) is 0 Å². The molecule has 0 aromatic heterocycles. The van der Waals surface area contributed by atoms with Crippen molar-refractivity contribution >= 4 is 5.97 Å². The lowest BCUT2D eigenvalue weighted by Crippen LogP contribution is -2.52. The van der Waals surface area contributed by atoms with Crippen LogP contribution in [-0.2, 0) is 19.0 Å². The molecule has 1 N–H and O–H groups in total. The Morgan fingerprint density at radius 2 is 1.77 bits per heavy atom. The second-order valence-corrected chi connectivity index (χ2v) is 7.47. The summed E-state index contributed by atoms with van der Waals surface area (Å²) in [6.07, 6.45) is 6.53. The van der Waals surface area contributed by atoms with Crippen molar-refractivity contribution in [3.05, 3.63) is 23.8 Å². The number of fused-ring (bicyclic) bond motifs is 1. The highest BCUT2D eigenvalue weighted by Crippen LogP contribution is 2.69. The summed E-state index contributed by atoms with van der Waals surface area (Å²) < 4.78 is 18.0. The van der Waals surface area contributed by atoms with Gasteiger partial charge in [-0.3, -0.25) is 0 Å². The van der Waals surface area contributed by atoms with Crippen LogP contribution in [0.1, 0.15) is 40.5 Å². The molecule has 0 radical (unpaired) electrons. The van der Waals surface area contributed by atoms with Gasteiger partial charge in [-0.25, -0.2) is 4.79 Å². The second kappa shape index (κ2) is 4.66. The molecule has 2 heterocycles. The molecule has 3 fully saturated rings. The highest BCUT2D eigenvalue weighted by molar-refractivity contribution is 5.81. The smallest absolute Gasteiger partial charge is 0.328 e. The van der Waals surface area contributed by atoms with E-state index in [1.807, 2.05) is 12.2 Å². The molecule has 0 amide bonds. The molecule has 1 spiro atoms. The highest BCUT2D eigenvalue weighted by Gasteiger charge is 2.78. The molecule has 2 atom stereocenters. The minimum atomic E-state index is -0.936. The zero-order valence-electron chi connectivity index (χ0n) is 13.6. The highest BCUT2D eigenvalue weighted by atomic mass is 16.7. The van der Waals surface area contributed by atoms with Crippen molar-refractivity contribution < 1.29 is 24.1 Å². The third-order valence-corrected chi connectivity index (χ3v) is 5.20. The van der Waals surface area contributed by atoms with Crippen LogP contribution in [0.5, 0.6) is 0 Å². The van der Waals surface area contributed by atoms with Crippen molar-refractivity contribution in [3.8, 4) is 0 Å². The summed E-state index contributed by atoms with van der Waals surface area (Å²) >= 11 is 0. The van der Waals surface area contributed by atoms with Gasteiger partial charge in [0.05, 0.1) is 13.2 Å². The Morgan fingerprint density at radius 3 is 2.32 bits per heavy atom. The van der Waals surface area contributed by atoms with Crippen LogP contribution in [0.15, 0.2) is 23.8 Å². The van der Waals surface area contributed by atoms with E-state index in [1.54, 1.807) is 6.92 Å². The molecule has 3 rings (SSSR count). The van der Waals surface area contributed by atoms with E-state index in [9.17, 15) is 4.79 Å². The molecule has 2 unspecified atom stereocenters. The Bertz CT molecular complexity index is 555. The minimum absolute atomic E-state index is 0.162. The van der Waals surface area contributed by atoms with Crippen LogP contribution >= 0.6 is 0 Å². The average molecular weight is 308 g/mol. The zero-order chi connectivity index (χ0) is 16.2. The number of aliphatic carboxylic acids is 1. The molecule has 0 bridgehead atoms. The largest absolute Gasteiger partial charge is 0.478 e. The Hall–Kier alpha value is -1.17. The van der Waals surface area contributed by atoms with Crippen LogP contribution in [0.3, 0.4) is 0 Å². The third-order valence-electron chi connectivity index (χ3n) is 5.20. The van der Waals surface area contributed by atoms with Crippen molar-refractivity contribution in [2.24, 2.45) is 5.41 Å². The Kier molecular flexibility index (Phi) is 3.33. The molecule has 2 saturated heterocycles. The van der Waals surface area contributed by atoms with Crippen LogP contribution in [0.2, 0.25) is 0 Å². The number of carbonyl (C=O) groups is 1. The Balaban J connectivity index is 1.86. The number of epoxide rings is 1. The molecule has 5 nitrogen and oxygen atoms in total. The molecule has 22 heavy (non-hydrogen) atoms. The predicted molar refractivity (Wildman–Crippen MR) is 80.4 cm³/mol. The summed E-state index contributed by atoms with van der Waals surface area (Å²) in [4.78, 5) is 10.7. The maximum atomic E-state index is 10.7. The van der Waals surface area contributed by atoms with Crippen LogP contribution in [0.25, 0.3) is 0 Å². The van der Waals surface area contributed by atoms with Gasteiger partial charge in [-0.15, -0.1) is 0 Å². The fourth-order valence-corrected chi connectivity index (χ4v) is 4.36. The van der Waals surface area contributed by atoms with Crippen LogP contribution in [0, 0.1) is 5.41 Å². The lowest BCUT2D eigenvalue weighted by Gasteiger charge is -2.45. The van der Waals surface area contributed by atoms with Gasteiger partial charge in [0.15, 0.2) is 5.79 Å². The van der Waals surface area contributed by atoms with Gasteiger partial charge in [-0.1, -0.05) is 19.9 Å². The van der Waals surface area contributed by atoms with E-state index in [-0.39, 0.29) is 11.0 Å². The van der Waals surface area contributed by atoms with Gasteiger partial charge in [0.1, 0.15) is 11.2 Å². The predicted octanol–water partition coefficient (Wildman–Crippen LogP) is 2.66. The standard InChI is InChI=1S/C17H24O5/c1-12(9-13(18)19)5-6-17-14(2,3)10-16(20-7-8-21-16)11-15(17,4)22-17/h5-6,9H,7-8,10-11H2,1-4H3,(H,18,19). The van der Waals surface area contributed by atoms with E-state index in [1.165, 1.54) is 6.08 Å². The zero-order valence-corrected chi connectivity index (χ0v) is 13.6. The fourth-order valence-electron chi connectivity index (χ4n) is 4.36. The lowest BCUT2D eigenvalue weighted by molar-refractivity contribution is -0.201. The van der Waals surface area contributed by atoms with E-state index in [0.29, 0.717) is 25.2 Å². The van der Waals surface area contributed by atoms with Gasteiger partial charge < -0.3 is 19.3 Å². The van der Waals surface area contributed by atoms with E-state index >= 15 is 0 Å². The van der Waals surface area contributed by atoms with Crippen LogP contribution < -0.4 is 0 Å². The van der Waals surface area contributed by atoms with Gasteiger partial charge >= 0.3 is 5.97 Å². The van der Waals surface area contributed by atoms with Gasteiger partial charge in [0, 0.05) is 24.3 Å². The van der Waals surface area contributed by atoms with Crippen molar-refractivity contribution in [2.75, 3.05) is 13.2 Å². The maximum Gasteiger partial charge on any atom is 0.328 e. The lowest BCUT2D eigenvalue weighted by atomic mass is 9.61. The molecule has 0 aromatic carbocycles. The molecule has 1 saturated carbocycles. The topological polar surface area (TPSA) is 68.3 Å². The summed E-state index contributed by atoms with van der Waals surface area (Å²) in [6, 6.07) is 0. The van der Waals surface area contributed by atoms with Crippen molar-refractivity contribution in [3.63, 3.8) is 0 Å². The van der Waals surface area contributed by atoms with Crippen molar-refractivity contribution in [1.29, 1.82) is 0 Å². The molecule has 1 aliphatic carbocycles. The fraction of sp³-hybridized carbons (Fsp3) is 0.706. The first kappa shape index (κ1) is 15.7. The van der Waals surface area contributed by atoms with E-state index < -0.39 is 17.4 Å². The molecule has 5 heteroatoms. The number of ether oxygens (including phenoxy) is 3. The molecular formula is C17H24O5. The van der Waals surface area contributed by atoms with Gasteiger partial charge in [-0.05, 0) is 25.5 Å². The number of carboxylic acids is 1. The van der Waals surface area contributed by atoms with Gasteiger partial charge in [0.2, 0.25) is 0 Å². The monoisotopic (exact) mass is 308 g/mol. The normalized spacial score (nSPS) is 39.2. The Labute approximate surface area is 130 Å². The number of carboxylic acid groups (broad SMARTS) is 1. The number of rotatable bonds is 3. The van der Waals surface area contributed by atoms with E-state index in [4.69, 9.17) is 19.3 Å². The van der Waals surface area contributed by atoms with Gasteiger partial charge in [-0.2, -0.15) is 0 Å². The summed E-state index contributed by atoms with van der Waals surface area (Å²) in [6.45, 7) is 9.45. The number of hydrogen-bond acceptors (Lipinski definition) is 4. The average Bonchev–Trinajstić information content (AvgIpc) is 2.73. The van der Waals surface area contributed by atoms with Gasteiger partial charge in [0.25, 0.3) is 0 Å². The molecule has 122 valence electrons. The van der Waals surface area contributed by atoms with E-state index in [0.717, 1.165) is 6.42 Å². The summed E-state index contributed by atoms with van der Waals surface area (Å²) in [5, 5.41) is 8.81. The molecule has 0 aromatic rings. The maximum absolute atomic E-state index is 10.7. The molecular weight excluding hydrogens is 284 g/mol. The SMILES string of the molecule is CC(C=CC12OC1(C)CC1(CC2(C)C)OCCO1)=CC(=O)O. The first-order chi connectivity index (χ1) is 10.1. The van der Waals surface area contributed by atoms with Crippen molar-refractivity contribution in [2.45, 2.75) is 57.5 Å². The van der Waals surface area contributed by atoms with E-state index in [2.05, 4.69) is 20.8 Å². The Morgan fingerprint density at radius 1 is 1.14 bits per heavy atom. The molecule has 2 aliphatic heterocycles. The first-order valence-electron chi connectivity index (χ1n) is 7.72. The van der Waals surface area contributed by atoms with Crippen molar-refractivity contribution in [1.82, 2.24) is 0 Å². The number of allylic oxidation sites excluding steroid dienone is 2. The molecule has 3 aliphatic rings. The second-order valence-electron chi connectivity index (χ2n) is 7.47. The first-order valence-corrected chi connectivity index (χ1v) is 7.72. The summed E-state index contributed by atoms with van der Waals surface area (Å²) in [5.41, 5.74) is -0.193. The summed E-state index contributed by atoms with van der Waals surface area (Å²) in [7, 11) is 0. The minimum Gasteiger partial charge on any atom is -0.478 e. The number of hydrogen-bond donors (Lipinski definition) is 1.